The summed E-state index contributed by atoms with van der Waals surface area (Å²) in [5.41, 5.74) is 0. The Labute approximate surface area is 80.7 Å². The second-order valence-corrected chi connectivity index (χ2v) is 4.04. The van der Waals surface area contributed by atoms with E-state index in [1.54, 1.807) is 0 Å². The van der Waals surface area contributed by atoms with Crippen LogP contribution in [0.3, 0.4) is 0 Å². The van der Waals surface area contributed by atoms with E-state index >= 15 is 0 Å². The molecule has 0 aliphatic rings. The summed E-state index contributed by atoms with van der Waals surface area (Å²) in [5, 5.41) is 3.44. The van der Waals surface area contributed by atoms with Crippen molar-refractivity contribution in [3.8, 4) is 12.3 Å². The van der Waals surface area contributed by atoms with Crippen LogP contribution in [0, 0.1) is 12.3 Å². The highest BCUT2D eigenvalue weighted by Gasteiger charge is 2.04. The summed E-state index contributed by atoms with van der Waals surface area (Å²) in [6.45, 7) is 5.43. The van der Waals surface area contributed by atoms with Gasteiger partial charge in [0.15, 0.2) is 0 Å². The fourth-order valence-corrected chi connectivity index (χ4v) is 1.70. The molecule has 1 atom stereocenters. The first-order valence-electron chi connectivity index (χ1n) is 4.59. The average molecular weight is 185 g/mol. The molecule has 0 fully saturated rings. The lowest BCUT2D eigenvalue weighted by molar-refractivity contribution is 0.563. The van der Waals surface area contributed by atoms with Gasteiger partial charge in [0.25, 0.3) is 0 Å². The second-order valence-electron chi connectivity index (χ2n) is 2.72. The van der Waals surface area contributed by atoms with Gasteiger partial charge in [-0.1, -0.05) is 13.8 Å². The summed E-state index contributed by atoms with van der Waals surface area (Å²) in [4.78, 5) is 0. The SMILES string of the molecule is C#CCC(CSCC)NCCC. The number of hydrogen-bond acceptors (Lipinski definition) is 2. The number of rotatable bonds is 7. The molecule has 0 saturated carbocycles. The van der Waals surface area contributed by atoms with E-state index in [-0.39, 0.29) is 0 Å². The molecule has 0 aromatic carbocycles. The second kappa shape index (κ2) is 8.96. The molecule has 0 radical (unpaired) electrons. The summed E-state index contributed by atoms with van der Waals surface area (Å²) in [6.07, 6.45) is 7.31. The van der Waals surface area contributed by atoms with Crippen LogP contribution in [-0.2, 0) is 0 Å². The summed E-state index contributed by atoms with van der Waals surface area (Å²) < 4.78 is 0. The third-order valence-electron chi connectivity index (χ3n) is 1.57. The Kier molecular flexibility index (Phi) is 8.86. The molecule has 0 spiro atoms. The average Bonchev–Trinajstić information content (AvgIpc) is 2.10. The van der Waals surface area contributed by atoms with E-state index in [4.69, 9.17) is 6.42 Å². The van der Waals surface area contributed by atoms with Crippen molar-refractivity contribution in [3.05, 3.63) is 0 Å². The zero-order valence-electron chi connectivity index (χ0n) is 8.10. The topological polar surface area (TPSA) is 12.0 Å². The first-order valence-corrected chi connectivity index (χ1v) is 5.75. The van der Waals surface area contributed by atoms with Crippen LogP contribution >= 0.6 is 11.8 Å². The quantitative estimate of drug-likeness (QED) is 0.610. The van der Waals surface area contributed by atoms with Crippen LogP contribution < -0.4 is 5.32 Å². The van der Waals surface area contributed by atoms with Crippen molar-refractivity contribution < 1.29 is 0 Å². The minimum Gasteiger partial charge on any atom is -0.312 e. The fraction of sp³-hybridized carbons (Fsp3) is 0.800. The molecule has 0 bridgehead atoms. The maximum Gasteiger partial charge on any atom is 0.0267 e. The molecule has 0 aromatic heterocycles. The Bertz CT molecular complexity index is 120. The van der Waals surface area contributed by atoms with E-state index in [2.05, 4.69) is 25.1 Å². The van der Waals surface area contributed by atoms with Gasteiger partial charge in [-0.2, -0.15) is 11.8 Å². The molecule has 0 aliphatic heterocycles. The van der Waals surface area contributed by atoms with Gasteiger partial charge in [0.2, 0.25) is 0 Å². The molecule has 2 heteroatoms. The van der Waals surface area contributed by atoms with Crippen LogP contribution in [0.15, 0.2) is 0 Å². The minimum absolute atomic E-state index is 0.514. The Hall–Kier alpha value is -0.130. The number of terminal acetylenes is 1. The van der Waals surface area contributed by atoms with Crippen molar-refractivity contribution in [2.45, 2.75) is 32.7 Å². The normalized spacial score (nSPS) is 12.4. The van der Waals surface area contributed by atoms with Crippen LogP contribution in [0.4, 0.5) is 0 Å². The zero-order valence-corrected chi connectivity index (χ0v) is 8.91. The highest BCUT2D eigenvalue weighted by molar-refractivity contribution is 7.99. The molecular formula is C10H19NS. The lowest BCUT2D eigenvalue weighted by Gasteiger charge is -2.14. The van der Waals surface area contributed by atoms with Crippen molar-refractivity contribution in [3.63, 3.8) is 0 Å². The van der Waals surface area contributed by atoms with Crippen LogP contribution in [-0.4, -0.2) is 24.1 Å². The monoisotopic (exact) mass is 185 g/mol. The van der Waals surface area contributed by atoms with E-state index in [1.807, 2.05) is 11.8 Å². The predicted molar refractivity (Wildman–Crippen MR) is 58.5 cm³/mol. The van der Waals surface area contributed by atoms with Crippen LogP contribution in [0.5, 0.6) is 0 Å². The van der Waals surface area contributed by atoms with E-state index in [1.165, 1.54) is 12.2 Å². The summed E-state index contributed by atoms with van der Waals surface area (Å²) in [7, 11) is 0. The number of thioether (sulfide) groups is 1. The van der Waals surface area contributed by atoms with Gasteiger partial charge in [0.1, 0.15) is 0 Å². The Morgan fingerprint density at radius 3 is 2.75 bits per heavy atom. The molecule has 0 saturated heterocycles. The van der Waals surface area contributed by atoms with Crippen molar-refractivity contribution in [2.24, 2.45) is 0 Å². The van der Waals surface area contributed by atoms with Gasteiger partial charge in [-0.25, -0.2) is 0 Å². The van der Waals surface area contributed by atoms with Crippen molar-refractivity contribution in [2.75, 3.05) is 18.1 Å². The Morgan fingerprint density at radius 1 is 1.50 bits per heavy atom. The lowest BCUT2D eigenvalue weighted by atomic mass is 10.2. The molecule has 1 N–H and O–H groups in total. The van der Waals surface area contributed by atoms with Crippen LogP contribution in [0.1, 0.15) is 26.7 Å². The smallest absolute Gasteiger partial charge is 0.0267 e. The van der Waals surface area contributed by atoms with E-state index < -0.39 is 0 Å². The highest BCUT2D eigenvalue weighted by atomic mass is 32.2. The molecular weight excluding hydrogens is 166 g/mol. The van der Waals surface area contributed by atoms with Crippen LogP contribution in [0.25, 0.3) is 0 Å². The van der Waals surface area contributed by atoms with Gasteiger partial charge >= 0.3 is 0 Å². The molecule has 12 heavy (non-hydrogen) atoms. The third kappa shape index (κ3) is 6.57. The summed E-state index contributed by atoms with van der Waals surface area (Å²) >= 11 is 1.95. The van der Waals surface area contributed by atoms with Crippen molar-refractivity contribution in [1.82, 2.24) is 5.32 Å². The van der Waals surface area contributed by atoms with Crippen LogP contribution in [0.2, 0.25) is 0 Å². The van der Waals surface area contributed by atoms with Gasteiger partial charge in [0, 0.05) is 18.2 Å². The number of nitrogens with one attached hydrogen (secondary N) is 1. The molecule has 0 aliphatic carbocycles. The minimum atomic E-state index is 0.514. The predicted octanol–water partition coefficient (Wildman–Crippen LogP) is 2.13. The molecule has 0 rings (SSSR count). The van der Waals surface area contributed by atoms with Crippen molar-refractivity contribution >= 4 is 11.8 Å². The van der Waals surface area contributed by atoms with E-state index in [0.29, 0.717) is 6.04 Å². The first kappa shape index (κ1) is 11.9. The van der Waals surface area contributed by atoms with Gasteiger partial charge in [-0.05, 0) is 18.7 Å². The Morgan fingerprint density at radius 2 is 2.25 bits per heavy atom. The number of hydrogen-bond donors (Lipinski definition) is 1. The van der Waals surface area contributed by atoms with Gasteiger partial charge < -0.3 is 5.32 Å². The molecule has 0 heterocycles. The maximum absolute atomic E-state index is 5.27. The maximum atomic E-state index is 5.27. The van der Waals surface area contributed by atoms with Gasteiger partial charge in [-0.15, -0.1) is 12.3 Å². The standard InChI is InChI=1S/C10H19NS/c1-4-7-10(9-12-6-3)11-8-5-2/h1,10-11H,5-9H2,2-3H3. The summed E-state index contributed by atoms with van der Waals surface area (Å²) in [5.74, 6) is 5.02. The third-order valence-corrected chi connectivity index (χ3v) is 2.62. The van der Waals surface area contributed by atoms with Gasteiger partial charge in [-0.3, -0.25) is 0 Å². The first-order chi connectivity index (χ1) is 5.85. The highest BCUT2D eigenvalue weighted by Crippen LogP contribution is 2.04. The van der Waals surface area contributed by atoms with E-state index in [0.717, 1.165) is 18.7 Å². The Balaban J connectivity index is 3.48. The van der Waals surface area contributed by atoms with Crippen molar-refractivity contribution in [1.29, 1.82) is 0 Å². The van der Waals surface area contributed by atoms with Gasteiger partial charge in [0.05, 0.1) is 0 Å². The molecule has 70 valence electrons. The van der Waals surface area contributed by atoms with E-state index in [9.17, 15) is 0 Å². The molecule has 0 aromatic rings. The molecule has 0 amide bonds. The lowest BCUT2D eigenvalue weighted by Crippen LogP contribution is -2.31. The fourth-order valence-electron chi connectivity index (χ4n) is 0.941. The molecule has 1 unspecified atom stereocenters. The largest absolute Gasteiger partial charge is 0.312 e. The molecule has 1 nitrogen and oxygen atoms in total. The summed E-state index contributed by atoms with van der Waals surface area (Å²) in [6, 6.07) is 0.514. The zero-order chi connectivity index (χ0) is 9.23.